The highest BCUT2D eigenvalue weighted by Crippen LogP contribution is 2.36. The summed E-state index contributed by atoms with van der Waals surface area (Å²) in [6.45, 7) is 3.05. The smallest absolute Gasteiger partial charge is 0.420 e. The van der Waals surface area contributed by atoms with E-state index in [1.54, 1.807) is 33.1 Å². The summed E-state index contributed by atoms with van der Waals surface area (Å²) in [6.07, 6.45) is 0. The molecule has 2 aromatic heterocycles. The fourth-order valence-corrected chi connectivity index (χ4v) is 4.38. The Morgan fingerprint density at radius 2 is 1.79 bits per heavy atom. The number of fused-ring (bicyclic) bond motifs is 3. The molecule has 0 aliphatic heterocycles. The molecular formula is C25H26N4O5. The van der Waals surface area contributed by atoms with Crippen molar-refractivity contribution in [3.63, 3.8) is 0 Å². The molecule has 9 heteroatoms. The molecule has 34 heavy (non-hydrogen) atoms. The third kappa shape index (κ3) is 3.84. The van der Waals surface area contributed by atoms with Gasteiger partial charge >= 0.3 is 5.76 Å². The molecule has 3 N–H and O–H groups in total. The number of aliphatic hydroxyl groups excluding tert-OH is 1. The molecule has 9 nitrogen and oxygen atoms in total. The zero-order valence-corrected chi connectivity index (χ0v) is 19.4. The van der Waals surface area contributed by atoms with Crippen molar-refractivity contribution in [2.45, 2.75) is 32.9 Å². The summed E-state index contributed by atoms with van der Waals surface area (Å²) in [5.41, 5.74) is 3.39. The molecule has 0 aliphatic rings. The minimum Gasteiger partial charge on any atom is -0.496 e. The first kappa shape index (κ1) is 23.2. The van der Waals surface area contributed by atoms with Crippen LogP contribution in [0, 0.1) is 10.8 Å². The van der Waals surface area contributed by atoms with Gasteiger partial charge in [-0.15, -0.1) is 0 Å². The highest BCUT2D eigenvalue weighted by atomic mass is 16.5. The van der Waals surface area contributed by atoms with Crippen molar-refractivity contribution >= 4 is 33.4 Å². The van der Waals surface area contributed by atoms with Crippen molar-refractivity contribution in [1.29, 1.82) is 10.8 Å². The summed E-state index contributed by atoms with van der Waals surface area (Å²) in [5, 5.41) is 26.9. The van der Waals surface area contributed by atoms with Crippen molar-refractivity contribution < 1.29 is 19.0 Å². The highest BCUT2D eigenvalue weighted by molar-refractivity contribution is 6.10. The summed E-state index contributed by atoms with van der Waals surface area (Å²) in [5.74, 6) is -0.0609. The third-order valence-electron chi connectivity index (χ3n) is 5.86. The van der Waals surface area contributed by atoms with Gasteiger partial charge in [0.25, 0.3) is 0 Å². The first-order valence-corrected chi connectivity index (χ1v) is 10.7. The first-order valence-electron chi connectivity index (χ1n) is 10.7. The molecule has 0 spiro atoms. The van der Waals surface area contributed by atoms with Crippen LogP contribution in [0.2, 0.25) is 0 Å². The van der Waals surface area contributed by atoms with Crippen molar-refractivity contribution in [2.24, 2.45) is 0 Å². The Balaban J connectivity index is 2.06. The van der Waals surface area contributed by atoms with Crippen LogP contribution in [0.15, 0.2) is 45.6 Å². The molecule has 0 saturated heterocycles. The molecule has 2 heterocycles. The van der Waals surface area contributed by atoms with E-state index in [1.807, 2.05) is 24.3 Å². The molecular weight excluding hydrogens is 436 g/mol. The summed E-state index contributed by atoms with van der Waals surface area (Å²) in [6, 6.07) is 10.9. The van der Waals surface area contributed by atoms with Crippen LogP contribution in [0.5, 0.6) is 11.5 Å². The van der Waals surface area contributed by atoms with E-state index in [0.29, 0.717) is 44.9 Å². The van der Waals surface area contributed by atoms with Gasteiger partial charge in [-0.3, -0.25) is 4.57 Å². The molecule has 4 rings (SSSR count). The van der Waals surface area contributed by atoms with Crippen LogP contribution in [-0.4, -0.2) is 40.3 Å². The van der Waals surface area contributed by atoms with E-state index in [9.17, 15) is 9.90 Å². The van der Waals surface area contributed by atoms with Crippen molar-refractivity contribution in [1.82, 2.24) is 9.55 Å². The van der Waals surface area contributed by atoms with E-state index in [2.05, 4.69) is 4.98 Å². The Hall–Kier alpha value is -3.98. The number of aliphatic hydroxyl groups is 1. The number of nitrogens with zero attached hydrogens (tertiary/aromatic N) is 2. The molecule has 0 saturated carbocycles. The number of aromatic nitrogens is 2. The van der Waals surface area contributed by atoms with Crippen molar-refractivity contribution in [3.05, 3.63) is 63.8 Å². The van der Waals surface area contributed by atoms with Gasteiger partial charge in [0.1, 0.15) is 22.7 Å². The number of oxazole rings is 1. The highest BCUT2D eigenvalue weighted by Gasteiger charge is 2.25. The lowest BCUT2D eigenvalue weighted by Gasteiger charge is -2.19. The van der Waals surface area contributed by atoms with E-state index >= 15 is 0 Å². The number of benzene rings is 2. The van der Waals surface area contributed by atoms with Gasteiger partial charge in [-0.2, -0.15) is 0 Å². The monoisotopic (exact) mass is 462 g/mol. The minimum absolute atomic E-state index is 0.186. The van der Waals surface area contributed by atoms with E-state index in [-0.39, 0.29) is 17.8 Å². The summed E-state index contributed by atoms with van der Waals surface area (Å²) >= 11 is 0. The van der Waals surface area contributed by atoms with Crippen LogP contribution >= 0.6 is 0 Å². The van der Waals surface area contributed by atoms with Crippen LogP contribution in [0.4, 0.5) is 0 Å². The lowest BCUT2D eigenvalue weighted by molar-refractivity contribution is 0.277. The van der Waals surface area contributed by atoms with Crippen LogP contribution in [0.3, 0.4) is 0 Å². The summed E-state index contributed by atoms with van der Waals surface area (Å²) in [4.78, 5) is 17.5. The molecule has 0 atom stereocenters. The predicted molar refractivity (Wildman–Crippen MR) is 130 cm³/mol. The molecule has 176 valence electrons. The molecule has 0 fully saturated rings. The van der Waals surface area contributed by atoms with Crippen LogP contribution < -0.4 is 15.2 Å². The largest absolute Gasteiger partial charge is 0.496 e. The van der Waals surface area contributed by atoms with Gasteiger partial charge in [-0.25, -0.2) is 9.78 Å². The second-order valence-electron chi connectivity index (χ2n) is 8.07. The van der Waals surface area contributed by atoms with E-state index in [4.69, 9.17) is 24.7 Å². The number of pyridine rings is 1. The van der Waals surface area contributed by atoms with Crippen LogP contribution in [-0.2, 0) is 13.2 Å². The standard InChI is InChI=1S/C25H26N4O5/c1-13(26)22(14(2)27)17-9-18-16(10-21(17)33-4)23-24(19(12-30)28-18)34-25(31)29(23)11-15-7-5-6-8-20(15)32-3/h5-10,22,26-27,30H,11-12H2,1-4H3. The molecule has 0 unspecified atom stereocenters. The third-order valence-corrected chi connectivity index (χ3v) is 5.86. The Morgan fingerprint density at radius 3 is 2.41 bits per heavy atom. The number of hydrogen-bond acceptors (Lipinski definition) is 8. The number of methoxy groups -OCH3 is 2. The SMILES string of the molecule is COc1ccccc1Cn1c(=O)oc2c(CO)nc3cc(C(C(C)=N)C(C)=N)c(OC)cc3c21. The van der Waals surface area contributed by atoms with E-state index < -0.39 is 18.3 Å². The number of rotatable bonds is 8. The topological polar surface area (TPSA) is 134 Å². The maximum Gasteiger partial charge on any atom is 0.420 e. The maximum absolute atomic E-state index is 12.9. The van der Waals surface area contributed by atoms with Gasteiger partial charge in [0.15, 0.2) is 5.58 Å². The maximum atomic E-state index is 12.9. The van der Waals surface area contributed by atoms with Gasteiger partial charge in [-0.1, -0.05) is 18.2 Å². The minimum atomic E-state index is -0.587. The van der Waals surface area contributed by atoms with Crippen LogP contribution in [0.25, 0.3) is 22.0 Å². The zero-order valence-electron chi connectivity index (χ0n) is 19.4. The number of para-hydroxylation sites is 1. The number of nitrogens with one attached hydrogen (secondary N) is 2. The summed E-state index contributed by atoms with van der Waals surface area (Å²) in [7, 11) is 3.09. The Labute approximate surface area is 195 Å². The Kier molecular flexibility index (Phi) is 6.21. The van der Waals surface area contributed by atoms with Gasteiger partial charge in [-0.05, 0) is 32.0 Å². The second kappa shape index (κ2) is 9.11. The molecule has 2 aromatic carbocycles. The van der Waals surface area contributed by atoms with Crippen LogP contribution in [0.1, 0.15) is 36.6 Å². The van der Waals surface area contributed by atoms with Gasteiger partial charge < -0.3 is 29.8 Å². The van der Waals surface area contributed by atoms with E-state index in [1.165, 1.54) is 11.7 Å². The fraction of sp³-hybridized carbons (Fsp3) is 0.280. The average molecular weight is 463 g/mol. The molecule has 0 radical (unpaired) electrons. The fourth-order valence-electron chi connectivity index (χ4n) is 4.38. The molecule has 0 aliphatic carbocycles. The van der Waals surface area contributed by atoms with E-state index in [0.717, 1.165) is 5.56 Å². The first-order chi connectivity index (χ1) is 16.3. The van der Waals surface area contributed by atoms with Gasteiger partial charge in [0, 0.05) is 27.9 Å². The zero-order chi connectivity index (χ0) is 24.6. The normalized spacial score (nSPS) is 12.1. The second-order valence-corrected chi connectivity index (χ2v) is 8.07. The van der Waals surface area contributed by atoms with Gasteiger partial charge in [0.05, 0.1) is 38.8 Å². The quantitative estimate of drug-likeness (QED) is 0.340. The van der Waals surface area contributed by atoms with Gasteiger partial charge in [0.2, 0.25) is 0 Å². The van der Waals surface area contributed by atoms with Crippen molar-refractivity contribution in [3.8, 4) is 11.5 Å². The van der Waals surface area contributed by atoms with Crippen molar-refractivity contribution in [2.75, 3.05) is 14.2 Å². The average Bonchev–Trinajstić information content (AvgIpc) is 3.14. The Morgan fingerprint density at radius 1 is 1.12 bits per heavy atom. The number of ether oxygens (including phenoxy) is 2. The molecule has 4 aromatic rings. The lowest BCUT2D eigenvalue weighted by Crippen LogP contribution is -2.17. The molecule has 0 bridgehead atoms. The molecule has 0 amide bonds. The number of hydrogen-bond donors (Lipinski definition) is 3. The summed E-state index contributed by atoms with van der Waals surface area (Å²) < 4.78 is 18.1. The lowest BCUT2D eigenvalue weighted by atomic mass is 9.89. The Bertz CT molecular complexity index is 1470. The predicted octanol–water partition coefficient (Wildman–Crippen LogP) is 3.86.